The summed E-state index contributed by atoms with van der Waals surface area (Å²) in [6.07, 6.45) is 1.73. The van der Waals surface area contributed by atoms with Gasteiger partial charge in [-0.25, -0.2) is 5.43 Å². The summed E-state index contributed by atoms with van der Waals surface area (Å²) in [7, 11) is 0. The van der Waals surface area contributed by atoms with Crippen molar-refractivity contribution < 1.29 is 4.42 Å². The average Bonchev–Trinajstić information content (AvgIpc) is 2.88. The third-order valence-corrected chi connectivity index (χ3v) is 2.65. The molecule has 0 saturated carbocycles. The van der Waals surface area contributed by atoms with Crippen molar-refractivity contribution in [1.29, 1.82) is 0 Å². The molecule has 19 heavy (non-hydrogen) atoms. The summed E-state index contributed by atoms with van der Waals surface area (Å²) in [6.45, 7) is 1.87. The molecule has 0 atom stereocenters. The van der Waals surface area contributed by atoms with Crippen LogP contribution < -0.4 is 5.43 Å². The molecule has 0 unspecified atom stereocenters. The number of benzene rings is 1. The molecule has 0 saturated heterocycles. The summed E-state index contributed by atoms with van der Waals surface area (Å²) >= 11 is 0. The van der Waals surface area contributed by atoms with Gasteiger partial charge in [0, 0.05) is 6.20 Å². The molecule has 0 aliphatic heterocycles. The lowest BCUT2D eigenvalue weighted by Gasteiger charge is -1.98. The number of hydrogen-bond acceptors (Lipinski definition) is 5. The molecule has 3 rings (SSSR count). The first-order valence-corrected chi connectivity index (χ1v) is 5.90. The minimum Gasteiger partial charge on any atom is -0.422 e. The Kier molecular flexibility index (Phi) is 2.94. The zero-order valence-electron chi connectivity index (χ0n) is 10.4. The monoisotopic (exact) mass is 252 g/mol. The molecule has 5 heteroatoms. The van der Waals surface area contributed by atoms with Gasteiger partial charge in [-0.2, -0.15) is 10.1 Å². The van der Waals surface area contributed by atoms with Crippen LogP contribution in [-0.4, -0.2) is 15.7 Å². The summed E-state index contributed by atoms with van der Waals surface area (Å²) in [5.41, 5.74) is 5.91. The van der Waals surface area contributed by atoms with Crippen molar-refractivity contribution in [2.24, 2.45) is 5.10 Å². The molecule has 94 valence electrons. The Hall–Kier alpha value is -2.69. The van der Waals surface area contributed by atoms with Crippen LogP contribution in [-0.2, 0) is 0 Å². The number of anilines is 1. The number of hydrazone groups is 1. The first-order chi connectivity index (χ1) is 9.33. The summed E-state index contributed by atoms with van der Waals surface area (Å²) in [5, 5.41) is 4.21. The van der Waals surface area contributed by atoms with E-state index in [9.17, 15) is 0 Å². The number of fused-ring (bicyclic) bond motifs is 1. The average molecular weight is 252 g/mol. The van der Waals surface area contributed by atoms with Crippen molar-refractivity contribution in [1.82, 2.24) is 9.97 Å². The van der Waals surface area contributed by atoms with Gasteiger partial charge in [-0.05, 0) is 31.2 Å². The lowest BCUT2D eigenvalue weighted by atomic mass is 10.3. The van der Waals surface area contributed by atoms with Crippen LogP contribution in [0.3, 0.4) is 0 Å². The molecule has 5 nitrogen and oxygen atoms in total. The van der Waals surface area contributed by atoms with Crippen molar-refractivity contribution in [3.63, 3.8) is 0 Å². The van der Waals surface area contributed by atoms with Gasteiger partial charge in [-0.15, -0.1) is 0 Å². The largest absolute Gasteiger partial charge is 0.422 e. The maximum Gasteiger partial charge on any atom is 0.316 e. The molecule has 0 spiro atoms. The third kappa shape index (κ3) is 2.44. The van der Waals surface area contributed by atoms with E-state index in [1.807, 2.05) is 49.4 Å². The molecule has 2 heterocycles. The van der Waals surface area contributed by atoms with Crippen molar-refractivity contribution in [3.8, 4) is 0 Å². The van der Waals surface area contributed by atoms with Gasteiger partial charge in [0.15, 0.2) is 5.58 Å². The van der Waals surface area contributed by atoms with E-state index in [1.165, 1.54) is 0 Å². The quantitative estimate of drug-likeness (QED) is 0.574. The highest BCUT2D eigenvalue weighted by Gasteiger charge is 2.04. The van der Waals surface area contributed by atoms with Crippen molar-refractivity contribution in [2.45, 2.75) is 6.92 Å². The Morgan fingerprint density at radius 1 is 1.16 bits per heavy atom. The number of nitrogens with one attached hydrogen (secondary N) is 1. The van der Waals surface area contributed by atoms with E-state index in [4.69, 9.17) is 4.42 Å². The van der Waals surface area contributed by atoms with Crippen molar-refractivity contribution in [2.75, 3.05) is 5.43 Å². The minimum absolute atomic E-state index is 0.372. The van der Waals surface area contributed by atoms with E-state index >= 15 is 0 Å². The molecule has 2 aromatic heterocycles. The predicted molar refractivity (Wildman–Crippen MR) is 74.1 cm³/mol. The Labute approximate surface area is 110 Å². The number of nitrogens with zero attached hydrogens (tertiary/aromatic N) is 3. The van der Waals surface area contributed by atoms with Crippen LogP contribution in [0.1, 0.15) is 12.6 Å². The number of pyridine rings is 1. The van der Waals surface area contributed by atoms with Crippen molar-refractivity contribution >= 4 is 22.8 Å². The summed E-state index contributed by atoms with van der Waals surface area (Å²) in [5.74, 6) is 0. The van der Waals surface area contributed by atoms with Gasteiger partial charge in [-0.3, -0.25) is 4.98 Å². The third-order valence-electron chi connectivity index (χ3n) is 2.65. The van der Waals surface area contributed by atoms with E-state index < -0.39 is 0 Å². The van der Waals surface area contributed by atoms with E-state index in [0.717, 1.165) is 22.5 Å². The van der Waals surface area contributed by atoms with Crippen LogP contribution in [0.25, 0.3) is 11.1 Å². The summed E-state index contributed by atoms with van der Waals surface area (Å²) in [4.78, 5) is 8.48. The maximum absolute atomic E-state index is 5.50. The van der Waals surface area contributed by atoms with Crippen LogP contribution in [0.2, 0.25) is 0 Å². The zero-order valence-corrected chi connectivity index (χ0v) is 10.4. The van der Waals surface area contributed by atoms with E-state index in [0.29, 0.717) is 6.01 Å². The van der Waals surface area contributed by atoms with E-state index in [2.05, 4.69) is 20.5 Å². The molecule has 0 fully saturated rings. The Morgan fingerprint density at radius 2 is 2.00 bits per heavy atom. The summed E-state index contributed by atoms with van der Waals surface area (Å²) in [6, 6.07) is 13.6. The lowest BCUT2D eigenvalue weighted by molar-refractivity contribution is 0.617. The Bertz CT molecular complexity index is 685. The molecule has 0 aliphatic carbocycles. The van der Waals surface area contributed by atoms with Crippen LogP contribution in [0.5, 0.6) is 0 Å². The second-order valence-electron chi connectivity index (χ2n) is 4.01. The van der Waals surface area contributed by atoms with Crippen LogP contribution in [0.15, 0.2) is 58.2 Å². The van der Waals surface area contributed by atoms with Gasteiger partial charge in [-0.1, -0.05) is 18.2 Å². The van der Waals surface area contributed by atoms with Crippen molar-refractivity contribution in [3.05, 3.63) is 54.4 Å². The van der Waals surface area contributed by atoms with Crippen LogP contribution in [0.4, 0.5) is 6.01 Å². The van der Waals surface area contributed by atoms with Gasteiger partial charge in [0.25, 0.3) is 0 Å². The van der Waals surface area contributed by atoms with Gasteiger partial charge in [0.2, 0.25) is 0 Å². The van der Waals surface area contributed by atoms with E-state index in [1.54, 1.807) is 6.20 Å². The molecule has 1 N–H and O–H groups in total. The predicted octanol–water partition coefficient (Wildman–Crippen LogP) is 3.06. The number of rotatable bonds is 3. The van der Waals surface area contributed by atoms with Crippen LogP contribution >= 0.6 is 0 Å². The number of hydrogen-bond donors (Lipinski definition) is 1. The number of oxazole rings is 1. The Morgan fingerprint density at radius 3 is 2.79 bits per heavy atom. The standard InChI is InChI=1S/C14H12N4O/c1-10(11-6-4-5-9-15-11)17-18-14-16-12-7-2-3-8-13(12)19-14/h2-9H,1H3,(H,16,18)/b17-10+. The number of para-hydroxylation sites is 2. The highest BCUT2D eigenvalue weighted by atomic mass is 16.4. The molecule has 0 amide bonds. The first kappa shape index (κ1) is 11.4. The van der Waals surface area contributed by atoms with Gasteiger partial charge in [0.05, 0.1) is 11.4 Å². The lowest BCUT2D eigenvalue weighted by Crippen LogP contribution is -2.01. The maximum atomic E-state index is 5.50. The highest BCUT2D eigenvalue weighted by Crippen LogP contribution is 2.17. The normalized spacial score (nSPS) is 11.7. The second kappa shape index (κ2) is 4.89. The fourth-order valence-corrected chi connectivity index (χ4v) is 1.69. The molecule has 1 aromatic carbocycles. The van der Waals surface area contributed by atoms with E-state index in [-0.39, 0.29) is 0 Å². The molecule has 0 radical (unpaired) electrons. The zero-order chi connectivity index (χ0) is 13.1. The molecule has 0 aliphatic rings. The minimum atomic E-state index is 0.372. The fourth-order valence-electron chi connectivity index (χ4n) is 1.69. The highest BCUT2D eigenvalue weighted by molar-refractivity contribution is 5.97. The second-order valence-corrected chi connectivity index (χ2v) is 4.01. The molecular weight excluding hydrogens is 240 g/mol. The molecular formula is C14H12N4O. The SMILES string of the molecule is C/C(=N\Nc1nc2ccccc2o1)c1ccccn1. The summed E-state index contributed by atoms with van der Waals surface area (Å²) < 4.78 is 5.50. The van der Waals surface area contributed by atoms with Crippen LogP contribution in [0, 0.1) is 0 Å². The van der Waals surface area contributed by atoms with Gasteiger partial charge in [0.1, 0.15) is 5.52 Å². The topological polar surface area (TPSA) is 63.3 Å². The smallest absolute Gasteiger partial charge is 0.316 e. The first-order valence-electron chi connectivity index (χ1n) is 5.90. The number of aromatic nitrogens is 2. The van der Waals surface area contributed by atoms with Gasteiger partial charge < -0.3 is 4.42 Å². The molecule has 3 aromatic rings. The molecule has 0 bridgehead atoms. The Balaban J connectivity index is 1.82. The fraction of sp³-hybridized carbons (Fsp3) is 0.0714. The van der Waals surface area contributed by atoms with Gasteiger partial charge >= 0.3 is 6.01 Å².